The van der Waals surface area contributed by atoms with Crippen LogP contribution >= 0.6 is 0 Å². The minimum atomic E-state index is -0.547. The topological polar surface area (TPSA) is 111 Å². The zero-order chi connectivity index (χ0) is 24.9. The van der Waals surface area contributed by atoms with Crippen molar-refractivity contribution in [3.05, 3.63) is 71.4 Å². The van der Waals surface area contributed by atoms with Crippen molar-refractivity contribution >= 4 is 17.8 Å². The van der Waals surface area contributed by atoms with Crippen molar-refractivity contribution in [2.45, 2.75) is 32.5 Å². The molecule has 8 nitrogen and oxygen atoms in total. The molecule has 0 aliphatic carbocycles. The van der Waals surface area contributed by atoms with Gasteiger partial charge in [0.15, 0.2) is 0 Å². The summed E-state index contributed by atoms with van der Waals surface area (Å²) in [6.07, 6.45) is 2.44. The van der Waals surface area contributed by atoms with Gasteiger partial charge in [-0.15, -0.1) is 0 Å². The van der Waals surface area contributed by atoms with E-state index < -0.39 is 6.10 Å². The Hall–Kier alpha value is -3.75. The lowest BCUT2D eigenvalue weighted by Crippen LogP contribution is -2.43. The number of nitrogens with zero attached hydrogens (tertiary/aromatic N) is 2. The molecule has 0 saturated carbocycles. The van der Waals surface area contributed by atoms with Crippen molar-refractivity contribution < 1.29 is 14.6 Å². The van der Waals surface area contributed by atoms with E-state index in [1.807, 2.05) is 56.3 Å². The number of aliphatic hydroxyl groups excluding tert-OH is 1. The molecule has 8 heteroatoms. The molecule has 1 aromatic heterocycles. The maximum atomic E-state index is 12.9. The molecule has 182 valence electrons. The van der Waals surface area contributed by atoms with Crippen LogP contribution in [-0.2, 0) is 6.54 Å². The molecule has 0 spiro atoms. The Balaban J connectivity index is 0.00000141. The first-order valence-corrected chi connectivity index (χ1v) is 11.9. The molecule has 2 atom stereocenters. The summed E-state index contributed by atoms with van der Waals surface area (Å²) in [7, 11) is 1.81. The summed E-state index contributed by atoms with van der Waals surface area (Å²) in [5.41, 5.74) is 4.85. The van der Waals surface area contributed by atoms with E-state index in [2.05, 4.69) is 15.6 Å². The zero-order valence-corrected chi connectivity index (χ0v) is 20.2. The third-order valence-corrected chi connectivity index (χ3v) is 6.20. The molecule has 0 bridgehead atoms. The van der Waals surface area contributed by atoms with Crippen LogP contribution in [0.15, 0.2) is 54.7 Å². The van der Waals surface area contributed by atoms with Gasteiger partial charge in [0.1, 0.15) is 11.5 Å². The Kier molecular flexibility index (Phi) is 7.43. The first kappa shape index (κ1) is 24.4. The predicted molar refractivity (Wildman–Crippen MR) is 138 cm³/mol. The number of aliphatic hydroxyl groups is 1. The fourth-order valence-electron chi connectivity index (χ4n) is 4.45. The summed E-state index contributed by atoms with van der Waals surface area (Å²) >= 11 is 0. The molecule has 0 radical (unpaired) electrons. The van der Waals surface area contributed by atoms with E-state index in [0.29, 0.717) is 36.7 Å². The molecule has 4 N–H and O–H groups in total. The predicted octanol–water partition coefficient (Wildman–Crippen LogP) is 3.89. The molecule has 2 aromatic carbocycles. The Morgan fingerprint density at radius 1 is 1.14 bits per heavy atom. The average Bonchev–Trinajstić information content (AvgIpc) is 3.47. The molecular weight excluding hydrogens is 442 g/mol. The zero-order valence-electron chi connectivity index (χ0n) is 20.2. The summed E-state index contributed by atoms with van der Waals surface area (Å²) in [4.78, 5) is 19.1. The standard InChI is InChI=1S/C25H25N5O3.C2H6/c1-27-21-9-18(4-2-16(21)11-26)33-19-6-7-29-22(10-19)15-3-5-20-17(8-15)14-30(25(20)32)23-12-28-13-24(23)31;1-2/h2-11,23-24,26-28,31H,12-14H2,1H3;1-2H3/t23-,24+;/m0./s1. The number of β-amino-alcohol motifs (C(OH)–C–C–N with tert-alkyl or cyclic N) is 1. The lowest BCUT2D eigenvalue weighted by Gasteiger charge is -2.25. The molecule has 5 rings (SSSR count). The number of fused-ring (bicyclic) bond motifs is 1. The fraction of sp³-hybridized carbons (Fsp3) is 0.296. The number of carbonyl (C=O) groups is 1. The van der Waals surface area contributed by atoms with Crippen LogP contribution in [0.4, 0.5) is 5.69 Å². The molecule has 1 saturated heterocycles. The number of ether oxygens (including phenoxy) is 1. The second-order valence-corrected chi connectivity index (χ2v) is 8.22. The van der Waals surface area contributed by atoms with Gasteiger partial charge in [-0.05, 0) is 35.9 Å². The normalized spacial score (nSPS) is 18.5. The molecule has 0 unspecified atom stereocenters. The first-order chi connectivity index (χ1) is 17.1. The summed E-state index contributed by atoms with van der Waals surface area (Å²) in [6, 6.07) is 14.7. The van der Waals surface area contributed by atoms with E-state index in [4.69, 9.17) is 10.1 Å². The second kappa shape index (κ2) is 10.7. The van der Waals surface area contributed by atoms with Gasteiger partial charge in [-0.1, -0.05) is 19.9 Å². The quantitative estimate of drug-likeness (QED) is 0.404. The summed E-state index contributed by atoms with van der Waals surface area (Å²) < 4.78 is 6.04. The molecule has 2 aliphatic rings. The van der Waals surface area contributed by atoms with E-state index in [1.165, 1.54) is 6.21 Å². The van der Waals surface area contributed by atoms with E-state index in [9.17, 15) is 9.90 Å². The fourth-order valence-corrected chi connectivity index (χ4v) is 4.45. The van der Waals surface area contributed by atoms with Crippen LogP contribution in [0.5, 0.6) is 11.5 Å². The molecular formula is C27H31N5O3. The monoisotopic (exact) mass is 473 g/mol. The molecule has 2 aliphatic heterocycles. The maximum absolute atomic E-state index is 12.9. The average molecular weight is 474 g/mol. The number of hydrogen-bond donors (Lipinski definition) is 4. The van der Waals surface area contributed by atoms with Gasteiger partial charge >= 0.3 is 0 Å². The van der Waals surface area contributed by atoms with Crippen LogP contribution in [0.3, 0.4) is 0 Å². The van der Waals surface area contributed by atoms with Crippen LogP contribution in [-0.4, -0.2) is 59.4 Å². The molecule has 1 amide bonds. The minimum Gasteiger partial charge on any atom is -0.457 e. The Labute approximate surface area is 205 Å². The SMILES string of the molecule is CC.CNc1cc(Oc2ccnc(-c3ccc4c(c3)CN([C@H]3CNC[C@H]3O)C4=O)c2)ccc1C=N. The number of amides is 1. The van der Waals surface area contributed by atoms with E-state index in [0.717, 1.165) is 28.1 Å². The van der Waals surface area contributed by atoms with Crippen LogP contribution in [0.25, 0.3) is 11.3 Å². The van der Waals surface area contributed by atoms with Crippen LogP contribution in [0.2, 0.25) is 0 Å². The largest absolute Gasteiger partial charge is 0.457 e. The Bertz CT molecular complexity index is 1230. The minimum absolute atomic E-state index is 0.0388. The number of hydrogen-bond acceptors (Lipinski definition) is 7. The van der Waals surface area contributed by atoms with Crippen molar-refractivity contribution in [2.24, 2.45) is 0 Å². The van der Waals surface area contributed by atoms with Gasteiger partial charge in [0.25, 0.3) is 5.91 Å². The number of benzene rings is 2. The molecule has 1 fully saturated rings. The van der Waals surface area contributed by atoms with Crippen LogP contribution in [0, 0.1) is 5.41 Å². The van der Waals surface area contributed by atoms with Crippen molar-refractivity contribution in [1.29, 1.82) is 5.41 Å². The van der Waals surface area contributed by atoms with Crippen molar-refractivity contribution in [3.8, 4) is 22.8 Å². The van der Waals surface area contributed by atoms with Crippen molar-refractivity contribution in [2.75, 3.05) is 25.5 Å². The maximum Gasteiger partial charge on any atom is 0.254 e. The van der Waals surface area contributed by atoms with Crippen molar-refractivity contribution in [3.63, 3.8) is 0 Å². The highest BCUT2D eigenvalue weighted by Crippen LogP contribution is 2.32. The van der Waals surface area contributed by atoms with Crippen LogP contribution < -0.4 is 15.4 Å². The van der Waals surface area contributed by atoms with E-state index in [-0.39, 0.29) is 11.9 Å². The Morgan fingerprint density at radius 3 is 2.66 bits per heavy atom. The lowest BCUT2D eigenvalue weighted by molar-refractivity contribution is 0.0527. The van der Waals surface area contributed by atoms with E-state index in [1.54, 1.807) is 24.2 Å². The summed E-state index contributed by atoms with van der Waals surface area (Å²) in [6.45, 7) is 5.59. The van der Waals surface area contributed by atoms with Gasteiger partial charge in [-0.3, -0.25) is 9.78 Å². The lowest BCUT2D eigenvalue weighted by atomic mass is 10.0. The molecule has 35 heavy (non-hydrogen) atoms. The van der Waals surface area contributed by atoms with Gasteiger partial charge in [-0.2, -0.15) is 0 Å². The van der Waals surface area contributed by atoms with Gasteiger partial charge < -0.3 is 30.8 Å². The highest BCUT2D eigenvalue weighted by atomic mass is 16.5. The number of pyridine rings is 1. The summed E-state index contributed by atoms with van der Waals surface area (Å²) in [5, 5.41) is 23.9. The summed E-state index contributed by atoms with van der Waals surface area (Å²) in [5.74, 6) is 1.26. The van der Waals surface area contributed by atoms with E-state index >= 15 is 0 Å². The number of anilines is 1. The van der Waals surface area contributed by atoms with Gasteiger partial charge in [-0.25, -0.2) is 0 Å². The van der Waals surface area contributed by atoms with Gasteiger partial charge in [0.2, 0.25) is 0 Å². The molecule has 3 heterocycles. The third-order valence-electron chi connectivity index (χ3n) is 6.20. The highest BCUT2D eigenvalue weighted by molar-refractivity contribution is 5.99. The first-order valence-electron chi connectivity index (χ1n) is 11.9. The smallest absolute Gasteiger partial charge is 0.254 e. The van der Waals surface area contributed by atoms with Gasteiger partial charge in [0.05, 0.1) is 17.8 Å². The number of nitrogens with one attached hydrogen (secondary N) is 3. The van der Waals surface area contributed by atoms with Crippen LogP contribution in [0.1, 0.15) is 35.3 Å². The van der Waals surface area contributed by atoms with Crippen molar-refractivity contribution in [1.82, 2.24) is 15.2 Å². The highest BCUT2D eigenvalue weighted by Gasteiger charge is 2.38. The number of rotatable bonds is 6. The number of aromatic nitrogens is 1. The number of carbonyl (C=O) groups excluding carboxylic acids is 1. The third kappa shape index (κ3) is 4.89. The molecule has 3 aromatic rings. The Morgan fingerprint density at radius 2 is 1.94 bits per heavy atom. The van der Waals surface area contributed by atoms with Gasteiger partial charge in [0, 0.05) is 73.6 Å². The second-order valence-electron chi connectivity index (χ2n) is 8.22.